The van der Waals surface area contributed by atoms with Crippen LogP contribution < -0.4 is 14.4 Å². The molecule has 2 aromatic rings. The van der Waals surface area contributed by atoms with Crippen LogP contribution in [0.2, 0.25) is 0 Å². The van der Waals surface area contributed by atoms with Gasteiger partial charge in [-0.3, -0.25) is 4.79 Å². The third-order valence-corrected chi connectivity index (χ3v) is 4.55. The Hall–Kier alpha value is -2.76. The first kappa shape index (κ1) is 15.7. The molecular formula is C19H19FN2O3. The van der Waals surface area contributed by atoms with Crippen LogP contribution in [0.4, 0.5) is 10.1 Å². The highest BCUT2D eigenvalue weighted by Gasteiger charge is 2.23. The molecule has 4 rings (SSSR count). The lowest BCUT2D eigenvalue weighted by molar-refractivity contribution is 0.0746. The maximum absolute atomic E-state index is 13.0. The molecule has 0 radical (unpaired) electrons. The summed E-state index contributed by atoms with van der Waals surface area (Å²) in [6.07, 6.45) is 0. The second kappa shape index (κ2) is 6.63. The van der Waals surface area contributed by atoms with E-state index in [0.717, 1.165) is 30.3 Å². The molecule has 2 aliphatic rings. The summed E-state index contributed by atoms with van der Waals surface area (Å²) in [5, 5.41) is 0. The van der Waals surface area contributed by atoms with E-state index in [0.29, 0.717) is 31.9 Å². The molecule has 25 heavy (non-hydrogen) atoms. The number of hydrogen-bond donors (Lipinski definition) is 0. The highest BCUT2D eigenvalue weighted by atomic mass is 19.1. The number of amides is 1. The Labute approximate surface area is 145 Å². The number of carbonyl (C=O) groups excluding carboxylic acids is 1. The van der Waals surface area contributed by atoms with E-state index in [1.165, 1.54) is 24.3 Å². The molecule has 0 aliphatic carbocycles. The first-order chi connectivity index (χ1) is 12.2. The van der Waals surface area contributed by atoms with Crippen molar-refractivity contribution in [3.05, 3.63) is 53.8 Å². The number of anilines is 1. The molecule has 2 heterocycles. The quantitative estimate of drug-likeness (QED) is 0.841. The van der Waals surface area contributed by atoms with Crippen molar-refractivity contribution < 1.29 is 18.7 Å². The molecule has 6 heteroatoms. The topological polar surface area (TPSA) is 42.0 Å². The van der Waals surface area contributed by atoms with Crippen LogP contribution >= 0.6 is 0 Å². The Balaban J connectivity index is 1.41. The minimum Gasteiger partial charge on any atom is -0.486 e. The van der Waals surface area contributed by atoms with Crippen LogP contribution in [0.15, 0.2) is 42.5 Å². The SMILES string of the molecule is O=C(c1ccc(F)cc1)N1CCN(c2ccc3c(c2)OCCO3)CC1. The van der Waals surface area contributed by atoms with E-state index >= 15 is 0 Å². The molecule has 1 saturated heterocycles. The number of benzene rings is 2. The summed E-state index contributed by atoms with van der Waals surface area (Å²) in [5.74, 6) is 1.16. The lowest BCUT2D eigenvalue weighted by Crippen LogP contribution is -2.48. The third kappa shape index (κ3) is 3.24. The van der Waals surface area contributed by atoms with Gasteiger partial charge >= 0.3 is 0 Å². The number of rotatable bonds is 2. The van der Waals surface area contributed by atoms with Crippen molar-refractivity contribution in [1.82, 2.24) is 4.90 Å². The fourth-order valence-corrected chi connectivity index (χ4v) is 3.17. The Morgan fingerprint density at radius 1 is 0.880 bits per heavy atom. The largest absolute Gasteiger partial charge is 0.486 e. The zero-order valence-electron chi connectivity index (χ0n) is 13.8. The van der Waals surface area contributed by atoms with Crippen molar-refractivity contribution in [1.29, 1.82) is 0 Å². The first-order valence-corrected chi connectivity index (χ1v) is 8.40. The predicted octanol–water partition coefficient (Wildman–Crippen LogP) is 2.56. The molecular weight excluding hydrogens is 323 g/mol. The van der Waals surface area contributed by atoms with E-state index in [-0.39, 0.29) is 11.7 Å². The highest BCUT2D eigenvalue weighted by Crippen LogP contribution is 2.34. The molecule has 1 fully saturated rings. The van der Waals surface area contributed by atoms with Gasteiger partial charge in [0.1, 0.15) is 19.0 Å². The third-order valence-electron chi connectivity index (χ3n) is 4.55. The van der Waals surface area contributed by atoms with Gasteiger partial charge in [-0.05, 0) is 36.4 Å². The molecule has 0 unspecified atom stereocenters. The molecule has 0 spiro atoms. The molecule has 0 saturated carbocycles. The van der Waals surface area contributed by atoms with Crippen LogP contribution in [0.3, 0.4) is 0 Å². The lowest BCUT2D eigenvalue weighted by Gasteiger charge is -2.36. The number of nitrogens with zero attached hydrogens (tertiary/aromatic N) is 2. The molecule has 0 atom stereocenters. The van der Waals surface area contributed by atoms with E-state index in [2.05, 4.69) is 4.90 Å². The average Bonchev–Trinajstić information content (AvgIpc) is 2.68. The summed E-state index contributed by atoms with van der Waals surface area (Å²) in [5.41, 5.74) is 1.59. The van der Waals surface area contributed by atoms with Gasteiger partial charge < -0.3 is 19.3 Å². The maximum atomic E-state index is 13.0. The number of carbonyl (C=O) groups is 1. The molecule has 1 amide bonds. The van der Waals surface area contributed by atoms with Gasteiger partial charge in [0, 0.05) is 43.5 Å². The summed E-state index contributed by atoms with van der Waals surface area (Å²) in [7, 11) is 0. The smallest absolute Gasteiger partial charge is 0.253 e. The van der Waals surface area contributed by atoms with Crippen molar-refractivity contribution in [2.45, 2.75) is 0 Å². The average molecular weight is 342 g/mol. The summed E-state index contributed by atoms with van der Waals surface area (Å²) in [6, 6.07) is 11.6. The molecule has 2 aromatic carbocycles. The van der Waals surface area contributed by atoms with Crippen molar-refractivity contribution >= 4 is 11.6 Å². The number of fused-ring (bicyclic) bond motifs is 1. The van der Waals surface area contributed by atoms with Gasteiger partial charge in [-0.1, -0.05) is 0 Å². The standard InChI is InChI=1S/C19H19FN2O3/c20-15-3-1-14(2-4-15)19(23)22-9-7-21(8-10-22)16-5-6-17-18(13-16)25-12-11-24-17/h1-6,13H,7-12H2. The van der Waals surface area contributed by atoms with Crippen LogP contribution in [0.5, 0.6) is 11.5 Å². The summed E-state index contributed by atoms with van der Waals surface area (Å²) >= 11 is 0. The van der Waals surface area contributed by atoms with Gasteiger partial charge in [-0.2, -0.15) is 0 Å². The van der Waals surface area contributed by atoms with Crippen molar-refractivity contribution in [2.75, 3.05) is 44.3 Å². The lowest BCUT2D eigenvalue weighted by atomic mass is 10.1. The van der Waals surface area contributed by atoms with E-state index in [9.17, 15) is 9.18 Å². The molecule has 0 N–H and O–H groups in total. The monoisotopic (exact) mass is 342 g/mol. The Kier molecular flexibility index (Phi) is 4.17. The number of hydrogen-bond acceptors (Lipinski definition) is 4. The summed E-state index contributed by atoms with van der Waals surface area (Å²) in [6.45, 7) is 3.89. The number of ether oxygens (including phenoxy) is 2. The number of halogens is 1. The fourth-order valence-electron chi connectivity index (χ4n) is 3.17. The van der Waals surface area contributed by atoms with E-state index in [1.807, 2.05) is 23.1 Å². The normalized spacial score (nSPS) is 16.7. The van der Waals surface area contributed by atoms with Gasteiger partial charge in [0.15, 0.2) is 11.5 Å². The highest BCUT2D eigenvalue weighted by molar-refractivity contribution is 5.94. The van der Waals surface area contributed by atoms with Gasteiger partial charge in [0.2, 0.25) is 0 Å². The number of piperazine rings is 1. The minimum absolute atomic E-state index is 0.0539. The molecule has 2 aliphatic heterocycles. The molecule has 0 aromatic heterocycles. The van der Waals surface area contributed by atoms with Crippen molar-refractivity contribution in [2.24, 2.45) is 0 Å². The van der Waals surface area contributed by atoms with Gasteiger partial charge in [0.25, 0.3) is 5.91 Å². The predicted molar refractivity (Wildman–Crippen MR) is 91.9 cm³/mol. The summed E-state index contributed by atoms with van der Waals surface area (Å²) in [4.78, 5) is 16.5. The van der Waals surface area contributed by atoms with Crippen LogP contribution in [0.25, 0.3) is 0 Å². The van der Waals surface area contributed by atoms with Crippen LogP contribution in [0, 0.1) is 5.82 Å². The van der Waals surface area contributed by atoms with Crippen molar-refractivity contribution in [3.63, 3.8) is 0 Å². The van der Waals surface area contributed by atoms with Gasteiger partial charge in [0.05, 0.1) is 0 Å². The van der Waals surface area contributed by atoms with Crippen molar-refractivity contribution in [3.8, 4) is 11.5 Å². The fraction of sp³-hybridized carbons (Fsp3) is 0.316. The second-order valence-electron chi connectivity index (χ2n) is 6.11. The molecule has 5 nitrogen and oxygen atoms in total. The zero-order valence-corrected chi connectivity index (χ0v) is 13.8. The van der Waals surface area contributed by atoms with Crippen LogP contribution in [0.1, 0.15) is 10.4 Å². The summed E-state index contributed by atoms with van der Waals surface area (Å²) < 4.78 is 24.2. The van der Waals surface area contributed by atoms with Crippen LogP contribution in [-0.4, -0.2) is 50.2 Å². The Morgan fingerprint density at radius 2 is 1.56 bits per heavy atom. The van der Waals surface area contributed by atoms with E-state index in [1.54, 1.807) is 0 Å². The Morgan fingerprint density at radius 3 is 2.28 bits per heavy atom. The van der Waals surface area contributed by atoms with Crippen LogP contribution in [-0.2, 0) is 0 Å². The minimum atomic E-state index is -0.333. The van der Waals surface area contributed by atoms with E-state index < -0.39 is 0 Å². The zero-order chi connectivity index (χ0) is 17.2. The van der Waals surface area contributed by atoms with Gasteiger partial charge in [-0.25, -0.2) is 4.39 Å². The van der Waals surface area contributed by atoms with Gasteiger partial charge in [-0.15, -0.1) is 0 Å². The molecule has 0 bridgehead atoms. The first-order valence-electron chi connectivity index (χ1n) is 8.40. The van der Waals surface area contributed by atoms with E-state index in [4.69, 9.17) is 9.47 Å². The Bertz CT molecular complexity index is 771. The maximum Gasteiger partial charge on any atom is 0.253 e. The molecule has 130 valence electrons. The second-order valence-corrected chi connectivity index (χ2v) is 6.11.